The Kier molecular flexibility index (Phi) is 5.59. The summed E-state index contributed by atoms with van der Waals surface area (Å²) in [6, 6.07) is 11.9. The molecule has 2 aromatic carbocycles. The van der Waals surface area contributed by atoms with Gasteiger partial charge < -0.3 is 14.8 Å². The van der Waals surface area contributed by atoms with E-state index in [-0.39, 0.29) is 5.91 Å². The van der Waals surface area contributed by atoms with Crippen LogP contribution >= 0.6 is 0 Å². The summed E-state index contributed by atoms with van der Waals surface area (Å²) >= 11 is 0. The van der Waals surface area contributed by atoms with Crippen LogP contribution in [0.1, 0.15) is 46.0 Å². The van der Waals surface area contributed by atoms with Crippen LogP contribution in [-0.2, 0) is 9.53 Å². The largest absolute Gasteiger partial charge is 0.493 e. The van der Waals surface area contributed by atoms with Crippen molar-refractivity contribution in [2.45, 2.75) is 51.6 Å². The van der Waals surface area contributed by atoms with Gasteiger partial charge in [0.25, 0.3) is 5.91 Å². The Bertz CT molecular complexity index is 735. The predicted octanol–water partition coefficient (Wildman–Crippen LogP) is 4.92. The van der Waals surface area contributed by atoms with Gasteiger partial charge in [0.1, 0.15) is 11.4 Å². The standard InChI is InChI=1S/C21H27NO3/c1-3-15-24-19-12-11-18(16-9-5-6-10-17(16)19)22-20(23)21(25-4-2)13-7-8-14-21/h5-6,9-12H,3-4,7-8,13-15H2,1-2H3,(H,22,23). The van der Waals surface area contributed by atoms with Crippen LogP contribution in [0.5, 0.6) is 5.75 Å². The Labute approximate surface area is 149 Å². The van der Waals surface area contributed by atoms with Gasteiger partial charge in [-0.25, -0.2) is 0 Å². The number of benzene rings is 2. The minimum Gasteiger partial charge on any atom is -0.493 e. The quantitative estimate of drug-likeness (QED) is 0.778. The van der Waals surface area contributed by atoms with Crippen molar-refractivity contribution in [1.82, 2.24) is 0 Å². The van der Waals surface area contributed by atoms with Gasteiger partial charge in [-0.2, -0.15) is 0 Å². The third-order valence-corrected chi connectivity index (χ3v) is 4.84. The summed E-state index contributed by atoms with van der Waals surface area (Å²) in [6.07, 6.45) is 4.63. The molecule has 1 aliphatic rings. The van der Waals surface area contributed by atoms with Crippen LogP contribution in [0, 0.1) is 0 Å². The molecule has 0 unspecified atom stereocenters. The molecule has 0 aromatic heterocycles. The number of carbonyl (C=O) groups is 1. The Balaban J connectivity index is 1.90. The Morgan fingerprint density at radius 3 is 2.48 bits per heavy atom. The highest BCUT2D eigenvalue weighted by atomic mass is 16.5. The van der Waals surface area contributed by atoms with E-state index in [1.165, 1.54) is 0 Å². The van der Waals surface area contributed by atoms with Crippen LogP contribution < -0.4 is 10.1 Å². The van der Waals surface area contributed by atoms with E-state index in [2.05, 4.69) is 12.2 Å². The number of carbonyl (C=O) groups excluding carboxylic acids is 1. The van der Waals surface area contributed by atoms with Gasteiger partial charge in [-0.3, -0.25) is 4.79 Å². The molecule has 0 radical (unpaired) electrons. The van der Waals surface area contributed by atoms with Crippen molar-refractivity contribution in [1.29, 1.82) is 0 Å². The van der Waals surface area contributed by atoms with E-state index in [1.807, 2.05) is 43.3 Å². The average Bonchev–Trinajstić information content (AvgIpc) is 3.11. The number of ether oxygens (including phenoxy) is 2. The van der Waals surface area contributed by atoms with Crippen LogP contribution in [0.2, 0.25) is 0 Å². The fourth-order valence-electron chi connectivity index (χ4n) is 3.61. The lowest BCUT2D eigenvalue weighted by Crippen LogP contribution is -2.43. The molecule has 0 heterocycles. The molecule has 1 N–H and O–H groups in total. The molecule has 0 spiro atoms. The molecule has 0 bridgehead atoms. The summed E-state index contributed by atoms with van der Waals surface area (Å²) < 4.78 is 11.7. The van der Waals surface area contributed by atoms with Crippen LogP contribution in [0.25, 0.3) is 10.8 Å². The molecule has 1 amide bonds. The maximum atomic E-state index is 13.0. The van der Waals surface area contributed by atoms with Crippen LogP contribution in [-0.4, -0.2) is 24.7 Å². The zero-order chi connectivity index (χ0) is 17.7. The summed E-state index contributed by atoms with van der Waals surface area (Å²) in [4.78, 5) is 13.0. The fraction of sp³-hybridized carbons (Fsp3) is 0.476. The topological polar surface area (TPSA) is 47.6 Å². The van der Waals surface area contributed by atoms with E-state index < -0.39 is 5.60 Å². The second-order valence-corrected chi connectivity index (χ2v) is 6.59. The first-order valence-corrected chi connectivity index (χ1v) is 9.30. The summed E-state index contributed by atoms with van der Waals surface area (Å²) in [5.41, 5.74) is 0.142. The highest BCUT2D eigenvalue weighted by Crippen LogP contribution is 2.36. The number of hydrogen-bond donors (Lipinski definition) is 1. The minimum atomic E-state index is -0.673. The van der Waals surface area contributed by atoms with Crippen molar-refractivity contribution < 1.29 is 14.3 Å². The smallest absolute Gasteiger partial charge is 0.256 e. The summed E-state index contributed by atoms with van der Waals surface area (Å²) in [6.45, 7) is 5.27. The second-order valence-electron chi connectivity index (χ2n) is 6.59. The maximum Gasteiger partial charge on any atom is 0.256 e. The first-order chi connectivity index (χ1) is 12.2. The van der Waals surface area contributed by atoms with E-state index in [9.17, 15) is 4.79 Å². The molecule has 1 aliphatic carbocycles. The fourth-order valence-corrected chi connectivity index (χ4v) is 3.61. The first kappa shape index (κ1) is 17.7. The van der Waals surface area contributed by atoms with E-state index in [0.29, 0.717) is 13.2 Å². The van der Waals surface area contributed by atoms with E-state index in [0.717, 1.165) is 54.3 Å². The SMILES string of the molecule is CCCOc1ccc(NC(=O)C2(OCC)CCCC2)c2ccccc12. The van der Waals surface area contributed by atoms with Gasteiger partial charge in [0, 0.05) is 23.1 Å². The minimum absolute atomic E-state index is 0.0285. The lowest BCUT2D eigenvalue weighted by atomic mass is 10.00. The molecular weight excluding hydrogens is 314 g/mol. The third kappa shape index (κ3) is 3.64. The molecule has 2 aromatic rings. The van der Waals surface area contributed by atoms with Crippen LogP contribution in [0.4, 0.5) is 5.69 Å². The number of anilines is 1. The molecule has 25 heavy (non-hydrogen) atoms. The lowest BCUT2D eigenvalue weighted by molar-refractivity contribution is -0.140. The lowest BCUT2D eigenvalue weighted by Gasteiger charge is -2.27. The maximum absolute atomic E-state index is 13.0. The molecule has 0 atom stereocenters. The van der Waals surface area contributed by atoms with Gasteiger partial charge >= 0.3 is 0 Å². The second kappa shape index (κ2) is 7.87. The van der Waals surface area contributed by atoms with Gasteiger partial charge in [-0.1, -0.05) is 31.2 Å². The van der Waals surface area contributed by atoms with Crippen molar-refractivity contribution in [2.75, 3.05) is 18.5 Å². The molecule has 1 fully saturated rings. The number of rotatable bonds is 7. The van der Waals surface area contributed by atoms with Crippen molar-refractivity contribution >= 4 is 22.4 Å². The summed E-state index contributed by atoms with van der Waals surface area (Å²) in [7, 11) is 0. The summed E-state index contributed by atoms with van der Waals surface area (Å²) in [5.74, 6) is 0.829. The van der Waals surface area contributed by atoms with Crippen molar-refractivity contribution in [3.05, 3.63) is 36.4 Å². The van der Waals surface area contributed by atoms with Crippen molar-refractivity contribution in [3.63, 3.8) is 0 Å². The number of hydrogen-bond acceptors (Lipinski definition) is 3. The first-order valence-electron chi connectivity index (χ1n) is 9.30. The van der Waals surface area contributed by atoms with E-state index >= 15 is 0 Å². The molecule has 0 saturated heterocycles. The zero-order valence-corrected chi connectivity index (χ0v) is 15.1. The Morgan fingerprint density at radius 1 is 1.08 bits per heavy atom. The van der Waals surface area contributed by atoms with Crippen molar-refractivity contribution in [2.24, 2.45) is 0 Å². The normalized spacial score (nSPS) is 16.1. The number of amides is 1. The van der Waals surface area contributed by atoms with E-state index in [4.69, 9.17) is 9.47 Å². The van der Waals surface area contributed by atoms with Gasteiger partial charge in [0.2, 0.25) is 0 Å². The molecule has 3 rings (SSSR count). The monoisotopic (exact) mass is 341 g/mol. The van der Waals surface area contributed by atoms with Gasteiger partial charge in [-0.05, 0) is 51.2 Å². The number of fused-ring (bicyclic) bond motifs is 1. The van der Waals surface area contributed by atoms with Crippen molar-refractivity contribution in [3.8, 4) is 5.75 Å². The molecule has 4 heteroatoms. The Morgan fingerprint density at radius 2 is 1.80 bits per heavy atom. The van der Waals surface area contributed by atoms with Crippen LogP contribution in [0.3, 0.4) is 0 Å². The molecular formula is C21H27NO3. The highest BCUT2D eigenvalue weighted by molar-refractivity contribution is 6.06. The number of nitrogens with one attached hydrogen (secondary N) is 1. The molecule has 134 valence electrons. The summed E-state index contributed by atoms with van der Waals surface area (Å²) in [5, 5.41) is 5.13. The average molecular weight is 341 g/mol. The highest BCUT2D eigenvalue weighted by Gasteiger charge is 2.42. The Hall–Kier alpha value is -2.07. The molecule has 0 aliphatic heterocycles. The molecule has 4 nitrogen and oxygen atoms in total. The van der Waals surface area contributed by atoms with E-state index in [1.54, 1.807) is 0 Å². The van der Waals surface area contributed by atoms with Gasteiger partial charge in [-0.15, -0.1) is 0 Å². The van der Waals surface area contributed by atoms with Gasteiger partial charge in [0.15, 0.2) is 0 Å². The van der Waals surface area contributed by atoms with Gasteiger partial charge in [0.05, 0.1) is 6.61 Å². The third-order valence-electron chi connectivity index (χ3n) is 4.84. The molecule has 1 saturated carbocycles. The van der Waals surface area contributed by atoms with Crippen LogP contribution in [0.15, 0.2) is 36.4 Å². The zero-order valence-electron chi connectivity index (χ0n) is 15.1. The predicted molar refractivity (Wildman–Crippen MR) is 101 cm³/mol.